The molecule has 0 N–H and O–H groups in total. The number of benzene rings is 1. The molecular weight excluding hydrogens is 689 g/mol. The smallest absolute Gasteiger partial charge is 0.0287 e. The Labute approximate surface area is 350 Å². The van der Waals surface area contributed by atoms with Gasteiger partial charge >= 0.3 is 0 Å². The Kier molecular flexibility index (Phi) is 43.9. The van der Waals surface area contributed by atoms with Crippen molar-refractivity contribution in [1.29, 1.82) is 0 Å². The molecule has 0 bridgehead atoms. The van der Waals surface area contributed by atoms with Crippen LogP contribution >= 0.6 is 23.5 Å². The van der Waals surface area contributed by atoms with E-state index >= 15 is 0 Å². The topological polar surface area (TPSA) is 0 Å². The Balaban J connectivity index is 1.81. The zero-order valence-electron chi connectivity index (χ0n) is 37.2. The largest absolute Gasteiger partial charge is 0.125 e. The molecule has 0 saturated carbocycles. The van der Waals surface area contributed by atoms with Crippen LogP contribution in [-0.4, -0.2) is 11.5 Å². The highest BCUT2D eigenvalue weighted by Crippen LogP contribution is 2.32. The van der Waals surface area contributed by atoms with Crippen molar-refractivity contribution in [2.45, 2.75) is 293 Å². The first-order chi connectivity index (χ1) is 26.9. The van der Waals surface area contributed by atoms with Crippen LogP contribution in [0.2, 0.25) is 0 Å². The molecule has 0 aliphatic carbocycles. The number of hydrogen-bond acceptors (Lipinski definition) is 2. The summed E-state index contributed by atoms with van der Waals surface area (Å²) in [5, 5.41) is 0. The third kappa shape index (κ3) is 38.8. The van der Waals surface area contributed by atoms with Crippen molar-refractivity contribution in [3.05, 3.63) is 24.3 Å². The Morgan fingerprint density at radius 3 is 0.833 bits per heavy atom. The van der Waals surface area contributed by atoms with E-state index in [1.165, 1.54) is 291 Å². The molecule has 1 radical (unpaired) electrons. The van der Waals surface area contributed by atoms with Crippen LogP contribution in [0, 0.1) is 6.07 Å². The first-order valence-electron chi connectivity index (χ1n) is 25.1. The molecule has 0 fully saturated rings. The highest BCUT2D eigenvalue weighted by Gasteiger charge is 2.04. The van der Waals surface area contributed by atoms with Crippen molar-refractivity contribution < 1.29 is 0 Å². The summed E-state index contributed by atoms with van der Waals surface area (Å²) in [4.78, 5) is 2.87. The minimum Gasteiger partial charge on any atom is -0.125 e. The molecule has 0 spiro atoms. The first kappa shape index (κ1) is 51.9. The second-order valence-corrected chi connectivity index (χ2v) is 19.4. The highest BCUT2D eigenvalue weighted by molar-refractivity contribution is 8.02. The van der Waals surface area contributed by atoms with E-state index in [1.807, 2.05) is 0 Å². The molecular formula is C52H97S2. The van der Waals surface area contributed by atoms with Gasteiger partial charge in [0.1, 0.15) is 0 Å². The monoisotopic (exact) mass is 786 g/mol. The zero-order chi connectivity index (χ0) is 38.5. The summed E-state index contributed by atoms with van der Waals surface area (Å²) in [5.41, 5.74) is 0. The Morgan fingerprint density at radius 1 is 0.315 bits per heavy atom. The van der Waals surface area contributed by atoms with Gasteiger partial charge in [-0.2, -0.15) is 0 Å². The fourth-order valence-electron chi connectivity index (χ4n) is 8.06. The molecule has 1 aromatic rings. The molecule has 0 heterocycles. The van der Waals surface area contributed by atoms with Crippen LogP contribution in [0.15, 0.2) is 28.0 Å². The number of unbranched alkanes of at least 4 members (excludes halogenated alkanes) is 40. The summed E-state index contributed by atoms with van der Waals surface area (Å²) in [6, 6.07) is 10.2. The number of thioether (sulfide) groups is 2. The second kappa shape index (κ2) is 45.6. The molecule has 317 valence electrons. The molecule has 0 aliphatic rings. The van der Waals surface area contributed by atoms with Gasteiger partial charge in [-0.05, 0) is 36.5 Å². The zero-order valence-corrected chi connectivity index (χ0v) is 38.8. The van der Waals surface area contributed by atoms with E-state index in [1.54, 1.807) is 0 Å². The van der Waals surface area contributed by atoms with Gasteiger partial charge in [0, 0.05) is 9.79 Å². The van der Waals surface area contributed by atoms with Gasteiger partial charge in [0.25, 0.3) is 0 Å². The van der Waals surface area contributed by atoms with Crippen molar-refractivity contribution >= 4 is 23.5 Å². The van der Waals surface area contributed by atoms with Gasteiger partial charge in [-0.25, -0.2) is 0 Å². The first-order valence-corrected chi connectivity index (χ1v) is 27.1. The molecule has 0 amide bonds. The van der Waals surface area contributed by atoms with E-state index in [0.29, 0.717) is 0 Å². The van der Waals surface area contributed by atoms with Crippen molar-refractivity contribution in [2.24, 2.45) is 0 Å². The highest BCUT2D eigenvalue weighted by atomic mass is 32.2. The van der Waals surface area contributed by atoms with Crippen LogP contribution in [0.5, 0.6) is 0 Å². The maximum Gasteiger partial charge on any atom is 0.0287 e. The van der Waals surface area contributed by atoms with Gasteiger partial charge < -0.3 is 0 Å². The number of hydrogen-bond donors (Lipinski definition) is 0. The third-order valence-electron chi connectivity index (χ3n) is 11.8. The SMILES string of the molecule is CCCCCCCCCCCCCCCCCCCCCCCSc1[c]cccc1SCCCCCCCCCCCCCCCCCCCCCCC. The van der Waals surface area contributed by atoms with Crippen molar-refractivity contribution in [3.63, 3.8) is 0 Å². The van der Waals surface area contributed by atoms with E-state index in [-0.39, 0.29) is 0 Å². The van der Waals surface area contributed by atoms with Crippen molar-refractivity contribution in [1.82, 2.24) is 0 Å². The van der Waals surface area contributed by atoms with Crippen LogP contribution in [0.25, 0.3) is 0 Å². The average Bonchev–Trinajstić information content (AvgIpc) is 3.19. The lowest BCUT2D eigenvalue weighted by molar-refractivity contribution is 0.521. The van der Waals surface area contributed by atoms with Gasteiger partial charge in [-0.3, -0.25) is 0 Å². The second-order valence-electron chi connectivity index (χ2n) is 17.2. The Bertz CT molecular complexity index is 753. The van der Waals surface area contributed by atoms with Crippen LogP contribution in [0.1, 0.15) is 284 Å². The standard InChI is InChI=1S/C52H97S2/c1-3-5-7-9-11-13-15-17-19-21-23-25-27-29-31-33-35-37-39-41-45-49-53-51-47-43-44-48-52(51)54-50-46-42-40-38-36-34-32-30-28-26-24-22-20-18-16-14-12-10-8-6-4-2/h43-44,47H,3-42,45-46,49-50H2,1-2H3. The van der Waals surface area contributed by atoms with E-state index < -0.39 is 0 Å². The molecule has 0 atom stereocenters. The van der Waals surface area contributed by atoms with Gasteiger partial charge in [0.05, 0.1) is 0 Å². The molecule has 1 rings (SSSR count). The fourth-order valence-corrected chi connectivity index (χ4v) is 10.3. The maximum atomic E-state index is 3.56. The van der Waals surface area contributed by atoms with Gasteiger partial charge in [-0.15, -0.1) is 23.5 Å². The van der Waals surface area contributed by atoms with E-state index in [4.69, 9.17) is 0 Å². The predicted octanol–water partition coefficient (Wildman–Crippen LogP) is 20.1. The molecule has 0 aromatic heterocycles. The Morgan fingerprint density at radius 2 is 0.556 bits per heavy atom. The summed E-state index contributed by atoms with van der Waals surface area (Å²) in [6.07, 6.45) is 61.2. The lowest BCUT2D eigenvalue weighted by Crippen LogP contribution is -1.87. The normalized spacial score (nSPS) is 11.6. The lowest BCUT2D eigenvalue weighted by atomic mass is 10.0. The van der Waals surface area contributed by atoms with Gasteiger partial charge in [0.2, 0.25) is 0 Å². The summed E-state index contributed by atoms with van der Waals surface area (Å²) in [7, 11) is 0. The summed E-state index contributed by atoms with van der Waals surface area (Å²) in [6.45, 7) is 4.62. The summed E-state index contributed by atoms with van der Waals surface area (Å²) in [5.74, 6) is 2.52. The number of rotatable bonds is 46. The van der Waals surface area contributed by atoms with Gasteiger partial charge in [-0.1, -0.05) is 283 Å². The van der Waals surface area contributed by atoms with Crippen LogP contribution < -0.4 is 0 Å². The van der Waals surface area contributed by atoms with E-state index in [0.717, 1.165) is 0 Å². The molecule has 54 heavy (non-hydrogen) atoms. The van der Waals surface area contributed by atoms with E-state index in [9.17, 15) is 0 Å². The van der Waals surface area contributed by atoms with E-state index in [2.05, 4.69) is 61.6 Å². The third-order valence-corrected chi connectivity index (χ3v) is 14.2. The minimum atomic E-state index is 1.26. The molecule has 0 aliphatic heterocycles. The molecule has 0 nitrogen and oxygen atoms in total. The summed E-state index contributed by atoms with van der Waals surface area (Å²) >= 11 is 4.13. The minimum absolute atomic E-state index is 1.26. The maximum absolute atomic E-state index is 3.56. The fraction of sp³-hybridized carbons (Fsp3) is 0.885. The summed E-state index contributed by atoms with van der Waals surface area (Å²) < 4.78 is 0. The van der Waals surface area contributed by atoms with Crippen LogP contribution in [0.4, 0.5) is 0 Å². The predicted molar refractivity (Wildman–Crippen MR) is 252 cm³/mol. The molecule has 0 unspecified atom stereocenters. The van der Waals surface area contributed by atoms with Crippen molar-refractivity contribution in [3.8, 4) is 0 Å². The lowest BCUT2D eigenvalue weighted by Gasteiger charge is -2.09. The van der Waals surface area contributed by atoms with Crippen LogP contribution in [-0.2, 0) is 0 Å². The van der Waals surface area contributed by atoms with Gasteiger partial charge in [0.15, 0.2) is 0 Å². The Hall–Kier alpha value is -0.0800. The molecule has 2 heteroatoms. The van der Waals surface area contributed by atoms with Crippen molar-refractivity contribution in [2.75, 3.05) is 11.5 Å². The average molecular weight is 786 g/mol. The molecule has 1 aromatic carbocycles. The quantitative estimate of drug-likeness (QED) is 0.0477. The molecule has 0 saturated heterocycles. The van der Waals surface area contributed by atoms with Crippen LogP contribution in [0.3, 0.4) is 0 Å².